The average molecular weight is 746 g/mol. The van der Waals surface area contributed by atoms with Crippen LogP contribution in [0.25, 0.3) is 0 Å². The van der Waals surface area contributed by atoms with Crippen LogP contribution in [0, 0.1) is 74.9 Å². The number of rotatable bonds is 11. The van der Waals surface area contributed by atoms with Gasteiger partial charge in [0.15, 0.2) is 5.78 Å². The van der Waals surface area contributed by atoms with Crippen molar-refractivity contribution >= 4 is 29.6 Å². The first-order chi connectivity index (χ1) is 25.2. The molecule has 0 spiro atoms. The molecule has 1 aromatic carbocycles. The Labute approximate surface area is 326 Å². The fraction of sp³-hybridized carbons (Fsp3) is 0.766. The quantitative estimate of drug-likeness (QED) is 0.133. The molecule has 2 N–H and O–H groups in total. The largest absolute Gasteiger partial charge is 0.400 e. The summed E-state index contributed by atoms with van der Waals surface area (Å²) in [4.78, 5) is 40.2. The molecule has 0 heterocycles. The van der Waals surface area contributed by atoms with E-state index in [4.69, 9.17) is 5.11 Å². The van der Waals surface area contributed by atoms with Gasteiger partial charge in [-0.3, -0.25) is 9.59 Å². The van der Waals surface area contributed by atoms with Gasteiger partial charge in [-0.1, -0.05) is 66.2 Å². The van der Waals surface area contributed by atoms with Crippen molar-refractivity contribution < 1.29 is 19.5 Å². The molecule has 6 aliphatic carbocycles. The van der Waals surface area contributed by atoms with Gasteiger partial charge in [0.2, 0.25) is 0 Å². The van der Waals surface area contributed by atoms with Crippen molar-refractivity contribution in [3.05, 3.63) is 41.0 Å². The molecule has 0 radical (unpaired) electrons. The van der Waals surface area contributed by atoms with Crippen LogP contribution in [0.5, 0.6) is 0 Å². The molecule has 11 unspecified atom stereocenters. The van der Waals surface area contributed by atoms with Crippen LogP contribution in [-0.4, -0.2) is 42.9 Å². The zero-order valence-electron chi connectivity index (χ0n) is 34.6. The number of fused-ring (bicyclic) bond motifs is 7. The molecule has 6 aliphatic rings. The van der Waals surface area contributed by atoms with Crippen LogP contribution in [0.2, 0.25) is 0 Å². The molecular weight excluding hydrogens is 675 g/mol. The highest BCUT2D eigenvalue weighted by Crippen LogP contribution is 2.74. The smallest absolute Gasteiger partial charge is 0.159 e. The summed E-state index contributed by atoms with van der Waals surface area (Å²) in [5.41, 5.74) is 4.91. The van der Waals surface area contributed by atoms with Crippen LogP contribution in [0.15, 0.2) is 40.3 Å². The molecule has 6 heteroatoms. The number of carbonyl (C=O) groups excluding carboxylic acids is 3. The standard InChI is InChI=1S/C46H67NO3S.CH4O/c1-28(2)41-38(50)25-46(21-22-47-26-30-9-11-33(51-8)12-10-30)20-16-36-34(42(41)46)13-14-40-44(36,6)19-17-39-43(4,5)32(15-18-45(39,40)7)24-37(49)35-23-31(27-48)29(35)3;1-2/h9-12,27-29,31-32,34-36,39-40,47H,13-26H2,1-8H3;2H,1H3. The lowest BCUT2D eigenvalue weighted by atomic mass is 9.35. The van der Waals surface area contributed by atoms with Gasteiger partial charge in [-0.05, 0) is 158 Å². The van der Waals surface area contributed by atoms with E-state index in [-0.39, 0.29) is 28.6 Å². The van der Waals surface area contributed by atoms with Gasteiger partial charge in [-0.2, -0.15) is 0 Å². The van der Waals surface area contributed by atoms with E-state index in [2.05, 4.69) is 84.3 Å². The Morgan fingerprint density at radius 3 is 2.30 bits per heavy atom. The maximum atomic E-state index is 14.0. The van der Waals surface area contributed by atoms with Gasteiger partial charge in [0.05, 0.1) is 0 Å². The third-order valence-corrected chi connectivity index (χ3v) is 17.9. The van der Waals surface area contributed by atoms with Crippen LogP contribution < -0.4 is 5.32 Å². The summed E-state index contributed by atoms with van der Waals surface area (Å²) in [6.45, 7) is 18.8. The number of carbonyl (C=O) groups is 3. The molecule has 5 saturated carbocycles. The SMILES string of the molecule is CO.CSc1ccc(CNCCC23CCC4C(CCC5C4(C)CCC4C(C)(C)C(CC(=O)C6CC(C=O)C6C)CCC45C)C2=C(C(C)C)C(=O)C3)cc1. The molecule has 5 nitrogen and oxygen atoms in total. The Hall–Kier alpha value is -1.76. The molecule has 0 aromatic heterocycles. The van der Waals surface area contributed by atoms with Crippen LogP contribution >= 0.6 is 11.8 Å². The molecule has 5 fully saturated rings. The summed E-state index contributed by atoms with van der Waals surface area (Å²) in [5, 5.41) is 10.8. The highest BCUT2D eigenvalue weighted by molar-refractivity contribution is 7.98. The van der Waals surface area contributed by atoms with Crippen LogP contribution in [0.3, 0.4) is 0 Å². The molecule has 1 aromatic rings. The lowest BCUT2D eigenvalue weighted by Crippen LogP contribution is -2.62. The Morgan fingerprint density at radius 1 is 0.962 bits per heavy atom. The predicted molar refractivity (Wildman–Crippen MR) is 217 cm³/mol. The summed E-state index contributed by atoms with van der Waals surface area (Å²) in [6, 6.07) is 8.92. The minimum absolute atomic E-state index is 0.0358. The molecule has 0 amide bonds. The van der Waals surface area contributed by atoms with Crippen molar-refractivity contribution in [1.82, 2.24) is 5.32 Å². The number of nitrogens with one attached hydrogen (secondary N) is 1. The maximum Gasteiger partial charge on any atom is 0.159 e. The van der Waals surface area contributed by atoms with E-state index in [9.17, 15) is 14.4 Å². The van der Waals surface area contributed by atoms with Gasteiger partial charge in [0.1, 0.15) is 12.1 Å². The number of hydrogen-bond donors (Lipinski definition) is 2. The van der Waals surface area contributed by atoms with E-state index in [1.54, 1.807) is 17.3 Å². The number of hydrogen-bond acceptors (Lipinski definition) is 6. The van der Waals surface area contributed by atoms with Crippen molar-refractivity contribution in [2.24, 2.45) is 74.9 Å². The summed E-state index contributed by atoms with van der Waals surface area (Å²) in [7, 11) is 1.00. The number of benzene rings is 1. The van der Waals surface area contributed by atoms with Crippen molar-refractivity contribution in [3.8, 4) is 0 Å². The molecule has 7 rings (SSSR count). The normalized spacial score (nSPS) is 39.9. The summed E-state index contributed by atoms with van der Waals surface area (Å²) in [6.07, 6.45) is 16.3. The number of ketones is 2. The minimum Gasteiger partial charge on any atom is -0.400 e. The van der Waals surface area contributed by atoms with Crippen LogP contribution in [-0.2, 0) is 20.9 Å². The van der Waals surface area contributed by atoms with Gasteiger partial charge >= 0.3 is 0 Å². The molecule has 53 heavy (non-hydrogen) atoms. The van der Waals surface area contributed by atoms with Gasteiger partial charge < -0.3 is 15.2 Å². The third kappa shape index (κ3) is 6.89. The third-order valence-electron chi connectivity index (χ3n) is 17.1. The Bertz CT molecular complexity index is 1550. The zero-order valence-corrected chi connectivity index (χ0v) is 35.4. The predicted octanol–water partition coefficient (Wildman–Crippen LogP) is 10.1. The van der Waals surface area contributed by atoms with E-state index < -0.39 is 0 Å². The topological polar surface area (TPSA) is 83.5 Å². The average Bonchev–Trinajstić information content (AvgIpc) is 3.44. The van der Waals surface area contributed by atoms with Gasteiger partial charge in [-0.15, -0.1) is 11.8 Å². The molecule has 0 bridgehead atoms. The second-order valence-corrected chi connectivity index (χ2v) is 20.7. The minimum atomic E-state index is 0.0358. The van der Waals surface area contributed by atoms with Crippen molar-refractivity contribution in [2.45, 2.75) is 137 Å². The first-order valence-electron chi connectivity index (χ1n) is 21.2. The lowest BCUT2D eigenvalue weighted by molar-refractivity contribution is -0.193. The number of aliphatic hydroxyl groups excluding tert-OH is 1. The Morgan fingerprint density at radius 2 is 1.66 bits per heavy atom. The number of Topliss-reactive ketones (excluding diaryl/α,β-unsaturated/α-hetero) is 2. The van der Waals surface area contributed by atoms with Crippen molar-refractivity contribution in [3.63, 3.8) is 0 Å². The Balaban J connectivity index is 0.00000236. The van der Waals surface area contributed by atoms with Crippen LogP contribution in [0.4, 0.5) is 0 Å². The second-order valence-electron chi connectivity index (χ2n) is 19.9. The summed E-state index contributed by atoms with van der Waals surface area (Å²) >= 11 is 1.79. The van der Waals surface area contributed by atoms with Gasteiger partial charge in [0, 0.05) is 48.6 Å². The summed E-state index contributed by atoms with van der Waals surface area (Å²) < 4.78 is 0. The molecular formula is C47H71NO4S. The summed E-state index contributed by atoms with van der Waals surface area (Å²) in [5.74, 6) is 4.53. The van der Waals surface area contributed by atoms with Gasteiger partial charge in [0.25, 0.3) is 0 Å². The highest BCUT2D eigenvalue weighted by Gasteiger charge is 2.66. The molecule has 0 saturated heterocycles. The number of allylic oxidation sites excluding steroid dienone is 2. The molecule has 294 valence electrons. The number of aliphatic hydroxyl groups is 1. The molecule has 11 atom stereocenters. The lowest BCUT2D eigenvalue weighted by Gasteiger charge is -2.69. The molecule has 0 aliphatic heterocycles. The first kappa shape index (κ1) is 40.9. The fourth-order valence-corrected chi connectivity index (χ4v) is 14.7. The van der Waals surface area contributed by atoms with E-state index in [0.717, 1.165) is 58.6 Å². The van der Waals surface area contributed by atoms with E-state index in [1.165, 1.54) is 54.6 Å². The second kappa shape index (κ2) is 15.6. The van der Waals surface area contributed by atoms with Gasteiger partial charge in [-0.25, -0.2) is 0 Å². The van der Waals surface area contributed by atoms with E-state index >= 15 is 0 Å². The number of thioether (sulfide) groups is 1. The fourth-order valence-electron chi connectivity index (χ4n) is 14.3. The first-order valence-corrected chi connectivity index (χ1v) is 22.5. The Kier molecular flexibility index (Phi) is 12.1. The van der Waals surface area contributed by atoms with Crippen molar-refractivity contribution in [1.29, 1.82) is 0 Å². The van der Waals surface area contributed by atoms with E-state index in [0.29, 0.717) is 64.3 Å². The highest BCUT2D eigenvalue weighted by atomic mass is 32.2. The maximum absolute atomic E-state index is 14.0. The monoisotopic (exact) mass is 746 g/mol. The van der Waals surface area contributed by atoms with Crippen molar-refractivity contribution in [2.75, 3.05) is 19.9 Å². The van der Waals surface area contributed by atoms with E-state index in [1.807, 2.05) is 0 Å². The number of aldehydes is 1. The zero-order chi connectivity index (χ0) is 38.5. The van der Waals surface area contributed by atoms with Crippen LogP contribution in [0.1, 0.15) is 131 Å².